The van der Waals surface area contributed by atoms with Crippen molar-refractivity contribution in [3.8, 4) is 0 Å². The highest BCUT2D eigenvalue weighted by atomic mass is 32.1. The maximum Gasteiger partial charge on any atom is 0.229 e. The first-order valence-electron chi connectivity index (χ1n) is 7.25. The van der Waals surface area contributed by atoms with E-state index in [1.807, 2.05) is 20.8 Å². The van der Waals surface area contributed by atoms with Gasteiger partial charge in [0.1, 0.15) is 5.01 Å². The third kappa shape index (κ3) is 3.40. The second-order valence-corrected chi connectivity index (χ2v) is 7.92. The van der Waals surface area contributed by atoms with E-state index in [0.29, 0.717) is 18.2 Å². The Morgan fingerprint density at radius 2 is 2.04 bits per heavy atom. The number of aromatic nitrogens is 3. The van der Waals surface area contributed by atoms with Gasteiger partial charge >= 0.3 is 0 Å². The van der Waals surface area contributed by atoms with Gasteiger partial charge < -0.3 is 5.32 Å². The van der Waals surface area contributed by atoms with Crippen molar-refractivity contribution in [2.75, 3.05) is 11.4 Å². The molecule has 0 radical (unpaired) electrons. The molecule has 2 aromatic rings. The number of nitrogens with zero attached hydrogens (tertiary/aromatic N) is 4. The van der Waals surface area contributed by atoms with Crippen LogP contribution in [0.5, 0.6) is 0 Å². The summed E-state index contributed by atoms with van der Waals surface area (Å²) in [5.74, 6) is -0.528. The van der Waals surface area contributed by atoms with Crippen LogP contribution in [0.15, 0.2) is 0 Å². The van der Waals surface area contributed by atoms with Crippen LogP contribution in [0.2, 0.25) is 0 Å². The van der Waals surface area contributed by atoms with Crippen LogP contribution in [0.3, 0.4) is 0 Å². The molecule has 3 heterocycles. The zero-order valence-corrected chi connectivity index (χ0v) is 14.8. The average Bonchev–Trinajstić information content (AvgIpc) is 3.16. The van der Waals surface area contributed by atoms with Crippen molar-refractivity contribution in [2.24, 2.45) is 5.92 Å². The lowest BCUT2D eigenvalue weighted by Gasteiger charge is -2.12. The van der Waals surface area contributed by atoms with Crippen molar-refractivity contribution in [3.05, 3.63) is 20.6 Å². The van der Waals surface area contributed by atoms with Gasteiger partial charge in [0.15, 0.2) is 0 Å². The van der Waals surface area contributed by atoms with E-state index in [1.54, 1.807) is 16.2 Å². The number of amides is 2. The molecule has 0 saturated carbocycles. The maximum atomic E-state index is 12.3. The Kier molecular flexibility index (Phi) is 4.40. The summed E-state index contributed by atoms with van der Waals surface area (Å²) in [4.78, 5) is 31.4. The number of thiazole rings is 1. The molecule has 0 bridgehead atoms. The van der Waals surface area contributed by atoms with E-state index in [-0.39, 0.29) is 24.2 Å². The zero-order valence-electron chi connectivity index (χ0n) is 13.1. The molecule has 23 heavy (non-hydrogen) atoms. The fraction of sp³-hybridized carbons (Fsp3) is 0.500. The van der Waals surface area contributed by atoms with Gasteiger partial charge in [-0.1, -0.05) is 11.3 Å². The van der Waals surface area contributed by atoms with Gasteiger partial charge in [-0.25, -0.2) is 4.98 Å². The number of hydrogen-bond donors (Lipinski definition) is 1. The number of carbonyl (C=O) groups excluding carboxylic acids is 2. The van der Waals surface area contributed by atoms with Gasteiger partial charge in [0.2, 0.25) is 16.9 Å². The Labute approximate surface area is 141 Å². The lowest BCUT2D eigenvalue weighted by atomic mass is 10.1. The van der Waals surface area contributed by atoms with E-state index < -0.39 is 0 Å². The van der Waals surface area contributed by atoms with Crippen molar-refractivity contribution in [2.45, 2.75) is 33.7 Å². The molecule has 1 unspecified atom stereocenters. The first kappa shape index (κ1) is 16.0. The Bertz CT molecular complexity index is 754. The largest absolute Gasteiger partial charge is 0.351 e. The topological polar surface area (TPSA) is 88.1 Å². The average molecular weight is 351 g/mol. The molecule has 2 amide bonds. The summed E-state index contributed by atoms with van der Waals surface area (Å²) in [5.41, 5.74) is 0.946. The van der Waals surface area contributed by atoms with Gasteiger partial charge in [0.05, 0.1) is 23.2 Å². The number of nitrogens with one attached hydrogen (secondary N) is 1. The molecule has 122 valence electrons. The summed E-state index contributed by atoms with van der Waals surface area (Å²) in [6, 6.07) is 0. The lowest BCUT2D eigenvalue weighted by molar-refractivity contribution is -0.126. The lowest BCUT2D eigenvalue weighted by Crippen LogP contribution is -2.32. The number of aryl methyl sites for hydroxylation is 3. The van der Waals surface area contributed by atoms with Crippen molar-refractivity contribution in [1.82, 2.24) is 20.5 Å². The van der Waals surface area contributed by atoms with E-state index in [2.05, 4.69) is 20.5 Å². The minimum absolute atomic E-state index is 0.0777. The normalized spacial score (nSPS) is 17.8. The molecular formula is C14H17N5O2S2. The molecule has 2 aromatic heterocycles. The van der Waals surface area contributed by atoms with Crippen molar-refractivity contribution >= 4 is 39.6 Å². The molecule has 3 rings (SSSR count). The first-order chi connectivity index (χ1) is 10.9. The summed E-state index contributed by atoms with van der Waals surface area (Å²) < 4.78 is 0. The highest BCUT2D eigenvalue weighted by Crippen LogP contribution is 2.27. The number of hydrogen-bond acceptors (Lipinski definition) is 7. The summed E-state index contributed by atoms with van der Waals surface area (Å²) in [6.07, 6.45) is 0.213. The first-order valence-corrected chi connectivity index (χ1v) is 8.88. The number of rotatable bonds is 4. The highest BCUT2D eigenvalue weighted by Gasteiger charge is 2.36. The minimum atomic E-state index is -0.346. The second kappa shape index (κ2) is 6.32. The molecule has 1 aliphatic heterocycles. The second-order valence-electron chi connectivity index (χ2n) is 5.47. The van der Waals surface area contributed by atoms with Crippen molar-refractivity contribution in [3.63, 3.8) is 0 Å². The standard InChI is InChI=1S/C14H17N5O2S2/c1-7-11(22-8(2)16-7)5-15-13(21)10-4-12(20)19(6-10)14-18-17-9(3)23-14/h10H,4-6H2,1-3H3,(H,15,21). The molecule has 0 aromatic carbocycles. The number of carbonyl (C=O) groups is 2. The molecule has 1 aliphatic rings. The van der Waals surface area contributed by atoms with E-state index in [9.17, 15) is 9.59 Å². The smallest absolute Gasteiger partial charge is 0.229 e. The van der Waals surface area contributed by atoms with Crippen LogP contribution in [0.4, 0.5) is 5.13 Å². The Hall–Kier alpha value is -1.87. The molecule has 7 nitrogen and oxygen atoms in total. The Morgan fingerprint density at radius 3 is 2.65 bits per heavy atom. The van der Waals surface area contributed by atoms with Gasteiger partial charge in [-0.2, -0.15) is 0 Å². The molecule has 1 atom stereocenters. The SMILES string of the molecule is Cc1nnc(N2CC(C(=O)NCc3sc(C)nc3C)CC2=O)s1. The molecule has 1 N–H and O–H groups in total. The van der Waals surface area contributed by atoms with Crippen LogP contribution >= 0.6 is 22.7 Å². The molecule has 0 spiro atoms. The molecular weight excluding hydrogens is 334 g/mol. The van der Waals surface area contributed by atoms with Crippen LogP contribution in [0.1, 0.15) is 27.0 Å². The Morgan fingerprint density at radius 1 is 1.26 bits per heavy atom. The molecule has 0 aliphatic carbocycles. The van der Waals surface area contributed by atoms with Crippen LogP contribution < -0.4 is 10.2 Å². The summed E-state index contributed by atoms with van der Waals surface area (Å²) >= 11 is 2.94. The predicted molar refractivity (Wildman–Crippen MR) is 88.5 cm³/mol. The quantitative estimate of drug-likeness (QED) is 0.904. The predicted octanol–water partition coefficient (Wildman–Crippen LogP) is 1.59. The van der Waals surface area contributed by atoms with Crippen LogP contribution in [-0.4, -0.2) is 33.5 Å². The third-order valence-electron chi connectivity index (χ3n) is 3.66. The van der Waals surface area contributed by atoms with Gasteiger partial charge in [0, 0.05) is 17.8 Å². The van der Waals surface area contributed by atoms with Gasteiger partial charge in [0.25, 0.3) is 0 Å². The summed E-state index contributed by atoms with van der Waals surface area (Å²) in [6.45, 7) is 6.54. The fourth-order valence-electron chi connectivity index (χ4n) is 2.51. The number of anilines is 1. The van der Waals surface area contributed by atoms with Crippen molar-refractivity contribution in [1.29, 1.82) is 0 Å². The van der Waals surface area contributed by atoms with E-state index in [1.165, 1.54) is 11.3 Å². The summed E-state index contributed by atoms with van der Waals surface area (Å²) in [7, 11) is 0. The van der Waals surface area contributed by atoms with Crippen LogP contribution in [0, 0.1) is 26.7 Å². The molecule has 9 heteroatoms. The molecule has 1 saturated heterocycles. The minimum Gasteiger partial charge on any atom is -0.351 e. The highest BCUT2D eigenvalue weighted by molar-refractivity contribution is 7.15. The van der Waals surface area contributed by atoms with E-state index in [4.69, 9.17) is 0 Å². The zero-order chi connectivity index (χ0) is 16.6. The summed E-state index contributed by atoms with van der Waals surface area (Å²) in [5, 5.41) is 13.2. The Balaban J connectivity index is 1.60. The van der Waals surface area contributed by atoms with Gasteiger partial charge in [-0.15, -0.1) is 21.5 Å². The van der Waals surface area contributed by atoms with Crippen LogP contribution in [-0.2, 0) is 16.1 Å². The fourth-order valence-corrected chi connectivity index (χ4v) is 4.10. The van der Waals surface area contributed by atoms with Crippen molar-refractivity contribution < 1.29 is 9.59 Å². The third-order valence-corrected chi connectivity index (χ3v) is 5.60. The van der Waals surface area contributed by atoms with Gasteiger partial charge in [-0.05, 0) is 20.8 Å². The van der Waals surface area contributed by atoms with E-state index >= 15 is 0 Å². The molecule has 1 fully saturated rings. The van der Waals surface area contributed by atoms with Gasteiger partial charge in [-0.3, -0.25) is 14.5 Å². The maximum absolute atomic E-state index is 12.3. The van der Waals surface area contributed by atoms with E-state index in [0.717, 1.165) is 20.6 Å². The van der Waals surface area contributed by atoms with Crippen LogP contribution in [0.25, 0.3) is 0 Å². The monoisotopic (exact) mass is 351 g/mol.